The van der Waals surface area contributed by atoms with Crippen molar-refractivity contribution < 1.29 is 34.4 Å². The Kier molecular flexibility index (Phi) is 13.6. The third kappa shape index (κ3) is 14.1. The van der Waals surface area contributed by atoms with Crippen molar-refractivity contribution in [2.75, 3.05) is 6.61 Å². The zero-order valence-corrected chi connectivity index (χ0v) is 16.7. The second-order valence-electron chi connectivity index (χ2n) is 7.67. The number of carboxylic acid groups (broad SMARTS) is 2. The minimum atomic E-state index is -2.63. The average molecular weight is 389 g/mol. The molecule has 3 N–H and O–H groups in total. The van der Waals surface area contributed by atoms with E-state index in [0.717, 1.165) is 25.2 Å². The first kappa shape index (κ1) is 25.4. The van der Waals surface area contributed by atoms with Crippen LogP contribution in [-0.2, 0) is 19.1 Å². The molecule has 0 aliphatic carbocycles. The van der Waals surface area contributed by atoms with Gasteiger partial charge in [0.05, 0.1) is 19.4 Å². The van der Waals surface area contributed by atoms with Crippen LogP contribution in [0.25, 0.3) is 0 Å². The van der Waals surface area contributed by atoms with Gasteiger partial charge in [0, 0.05) is 0 Å². The van der Waals surface area contributed by atoms with E-state index in [1.165, 1.54) is 38.5 Å². The summed E-state index contributed by atoms with van der Waals surface area (Å²) in [6.45, 7) is 4.65. The summed E-state index contributed by atoms with van der Waals surface area (Å²) >= 11 is 0. The van der Waals surface area contributed by atoms with Gasteiger partial charge in [-0.15, -0.1) is 0 Å². The molecule has 0 radical (unpaired) electrons. The molecule has 0 aromatic heterocycles. The number of aliphatic carboxylic acids is 2. The first-order chi connectivity index (χ1) is 12.7. The van der Waals surface area contributed by atoms with Gasteiger partial charge in [-0.1, -0.05) is 71.6 Å². The van der Waals surface area contributed by atoms with Gasteiger partial charge in [-0.3, -0.25) is 9.59 Å². The molecule has 158 valence electrons. The summed E-state index contributed by atoms with van der Waals surface area (Å²) in [5, 5.41) is 27.3. The van der Waals surface area contributed by atoms with Crippen LogP contribution in [0, 0.1) is 5.92 Å². The van der Waals surface area contributed by atoms with Gasteiger partial charge in [0.2, 0.25) is 0 Å². The Balaban J connectivity index is 3.65. The van der Waals surface area contributed by atoms with Gasteiger partial charge in [-0.2, -0.15) is 0 Å². The van der Waals surface area contributed by atoms with Gasteiger partial charge in [0.1, 0.15) is 0 Å². The maximum atomic E-state index is 11.6. The number of hydrogen-bond donors (Lipinski definition) is 3. The van der Waals surface area contributed by atoms with Gasteiger partial charge in [-0.25, -0.2) is 4.79 Å². The van der Waals surface area contributed by atoms with Crippen LogP contribution in [0.15, 0.2) is 0 Å². The highest BCUT2D eigenvalue weighted by atomic mass is 16.5. The molecular weight excluding hydrogens is 352 g/mol. The van der Waals surface area contributed by atoms with Crippen LogP contribution in [0.2, 0.25) is 0 Å². The van der Waals surface area contributed by atoms with Gasteiger partial charge in [-0.05, 0) is 12.3 Å². The van der Waals surface area contributed by atoms with E-state index in [4.69, 9.17) is 14.9 Å². The Morgan fingerprint density at radius 1 is 0.815 bits per heavy atom. The molecule has 0 bridgehead atoms. The van der Waals surface area contributed by atoms with Gasteiger partial charge in [0.25, 0.3) is 0 Å². The average Bonchev–Trinajstić information content (AvgIpc) is 2.54. The van der Waals surface area contributed by atoms with Gasteiger partial charge >= 0.3 is 17.9 Å². The number of ether oxygens (including phenoxy) is 1. The lowest BCUT2D eigenvalue weighted by Gasteiger charge is -2.20. The Morgan fingerprint density at radius 3 is 1.74 bits per heavy atom. The fraction of sp³-hybridized carbons (Fsp3) is 0.850. The largest absolute Gasteiger partial charge is 0.481 e. The van der Waals surface area contributed by atoms with Crippen molar-refractivity contribution in [1.82, 2.24) is 0 Å². The lowest BCUT2D eigenvalue weighted by molar-refractivity contribution is -0.172. The van der Waals surface area contributed by atoms with E-state index < -0.39 is 36.4 Å². The lowest BCUT2D eigenvalue weighted by atomic mass is 9.96. The number of unbranched alkanes of at least 4 members (excludes halogenated alkanes) is 8. The minimum Gasteiger partial charge on any atom is -0.481 e. The summed E-state index contributed by atoms with van der Waals surface area (Å²) in [7, 11) is 0. The van der Waals surface area contributed by atoms with Crippen molar-refractivity contribution >= 4 is 17.9 Å². The number of carboxylic acids is 2. The number of esters is 1. The first-order valence-corrected chi connectivity index (χ1v) is 10.0. The molecule has 1 unspecified atom stereocenters. The summed E-state index contributed by atoms with van der Waals surface area (Å²) < 4.78 is 4.91. The van der Waals surface area contributed by atoms with Crippen LogP contribution in [-0.4, -0.2) is 45.4 Å². The van der Waals surface area contributed by atoms with E-state index in [9.17, 15) is 19.5 Å². The number of aliphatic hydroxyl groups is 1. The van der Waals surface area contributed by atoms with Crippen LogP contribution in [0.3, 0.4) is 0 Å². The fourth-order valence-corrected chi connectivity index (χ4v) is 2.83. The zero-order chi connectivity index (χ0) is 20.7. The van der Waals surface area contributed by atoms with Crippen LogP contribution < -0.4 is 0 Å². The second kappa shape index (κ2) is 14.4. The normalized spacial score (nSPS) is 13.3. The third-order valence-electron chi connectivity index (χ3n) is 4.47. The number of rotatable bonds is 17. The molecule has 1 atom stereocenters. The van der Waals surface area contributed by atoms with E-state index in [-0.39, 0.29) is 6.61 Å². The summed E-state index contributed by atoms with van der Waals surface area (Å²) in [6.07, 6.45) is 9.55. The van der Waals surface area contributed by atoms with Crippen molar-refractivity contribution in [2.24, 2.45) is 5.92 Å². The molecule has 0 heterocycles. The third-order valence-corrected chi connectivity index (χ3v) is 4.47. The Morgan fingerprint density at radius 2 is 1.30 bits per heavy atom. The highest BCUT2D eigenvalue weighted by Crippen LogP contribution is 2.17. The summed E-state index contributed by atoms with van der Waals surface area (Å²) in [5.41, 5.74) is -2.63. The van der Waals surface area contributed by atoms with Crippen LogP contribution in [0.5, 0.6) is 0 Å². The highest BCUT2D eigenvalue weighted by Gasteiger charge is 2.41. The molecule has 7 heteroatoms. The van der Waals surface area contributed by atoms with Crippen LogP contribution >= 0.6 is 0 Å². The van der Waals surface area contributed by atoms with E-state index in [1.807, 2.05) is 0 Å². The molecule has 0 aliphatic rings. The SMILES string of the molecule is CC(C)CCCCCCCCCCCOC(=O)CC(O)(CC(=O)O)C(=O)O. The Bertz CT molecular complexity index is 448. The monoisotopic (exact) mass is 388 g/mol. The smallest absolute Gasteiger partial charge is 0.336 e. The molecule has 0 rings (SSSR count). The number of hydrogen-bond acceptors (Lipinski definition) is 5. The molecule has 0 aromatic rings. The molecule has 0 fully saturated rings. The van der Waals surface area contributed by atoms with Crippen molar-refractivity contribution in [1.29, 1.82) is 0 Å². The van der Waals surface area contributed by atoms with Crippen LogP contribution in [0.4, 0.5) is 0 Å². The van der Waals surface area contributed by atoms with Crippen molar-refractivity contribution in [2.45, 2.75) is 96.5 Å². The van der Waals surface area contributed by atoms with E-state index in [2.05, 4.69) is 13.8 Å². The maximum absolute atomic E-state index is 11.6. The summed E-state index contributed by atoms with van der Waals surface area (Å²) in [5.74, 6) is -3.35. The Hall–Kier alpha value is -1.63. The topological polar surface area (TPSA) is 121 Å². The molecular formula is C20H36O7. The molecule has 0 amide bonds. The van der Waals surface area contributed by atoms with Crippen molar-refractivity contribution in [3.8, 4) is 0 Å². The molecule has 7 nitrogen and oxygen atoms in total. The van der Waals surface area contributed by atoms with E-state index >= 15 is 0 Å². The molecule has 0 aliphatic heterocycles. The molecule has 0 saturated carbocycles. The molecule has 0 aromatic carbocycles. The van der Waals surface area contributed by atoms with Gasteiger partial charge in [0.15, 0.2) is 5.60 Å². The summed E-state index contributed by atoms with van der Waals surface area (Å²) in [6, 6.07) is 0. The second-order valence-corrected chi connectivity index (χ2v) is 7.67. The molecule has 0 saturated heterocycles. The zero-order valence-electron chi connectivity index (χ0n) is 16.7. The highest BCUT2D eigenvalue weighted by molar-refractivity contribution is 5.88. The predicted octanol–water partition coefficient (Wildman–Crippen LogP) is 3.77. The lowest BCUT2D eigenvalue weighted by Crippen LogP contribution is -2.43. The summed E-state index contributed by atoms with van der Waals surface area (Å²) in [4.78, 5) is 33.2. The van der Waals surface area contributed by atoms with Crippen molar-refractivity contribution in [3.05, 3.63) is 0 Å². The molecule has 27 heavy (non-hydrogen) atoms. The van der Waals surface area contributed by atoms with E-state index in [0.29, 0.717) is 6.42 Å². The minimum absolute atomic E-state index is 0.150. The predicted molar refractivity (Wildman–Crippen MR) is 101 cm³/mol. The van der Waals surface area contributed by atoms with Crippen LogP contribution in [0.1, 0.15) is 90.9 Å². The first-order valence-electron chi connectivity index (χ1n) is 10.0. The maximum Gasteiger partial charge on any atom is 0.336 e. The van der Waals surface area contributed by atoms with E-state index in [1.54, 1.807) is 0 Å². The molecule has 0 spiro atoms. The van der Waals surface area contributed by atoms with Crippen molar-refractivity contribution in [3.63, 3.8) is 0 Å². The van der Waals surface area contributed by atoms with Gasteiger partial charge < -0.3 is 20.1 Å². The standard InChI is InChI=1S/C20H36O7/c1-16(2)12-10-8-6-4-3-5-7-9-11-13-27-18(23)15-20(26,19(24)25)14-17(21)22/h16,26H,3-15H2,1-2H3,(H,21,22)(H,24,25). The quantitative estimate of drug-likeness (QED) is 0.256. The fourth-order valence-electron chi connectivity index (χ4n) is 2.83. The number of carbonyl (C=O) groups excluding carboxylic acids is 1. The Labute approximate surface area is 162 Å². The number of carbonyl (C=O) groups is 3.